The van der Waals surface area contributed by atoms with Gasteiger partial charge in [0.25, 0.3) is 0 Å². The van der Waals surface area contributed by atoms with Gasteiger partial charge in [0.15, 0.2) is 0 Å². The van der Waals surface area contributed by atoms with Crippen molar-refractivity contribution < 1.29 is 9.84 Å². The predicted molar refractivity (Wildman–Crippen MR) is 59.3 cm³/mol. The number of ether oxygens (including phenoxy) is 1. The van der Waals surface area contributed by atoms with Crippen LogP contribution in [-0.4, -0.2) is 35.9 Å². The minimum atomic E-state index is -0.284. The van der Waals surface area contributed by atoms with Gasteiger partial charge in [-0.15, -0.1) is 0 Å². The molecule has 0 heterocycles. The van der Waals surface area contributed by atoms with E-state index in [0.717, 1.165) is 31.0 Å². The highest BCUT2D eigenvalue weighted by molar-refractivity contribution is 7.99. The molecule has 1 atom stereocenters. The van der Waals surface area contributed by atoms with E-state index >= 15 is 0 Å². The van der Waals surface area contributed by atoms with Crippen LogP contribution < -0.4 is 0 Å². The summed E-state index contributed by atoms with van der Waals surface area (Å²) in [5, 5.41) is 9.43. The van der Waals surface area contributed by atoms with Gasteiger partial charge in [-0.2, -0.15) is 11.8 Å². The van der Waals surface area contributed by atoms with Crippen LogP contribution in [0.1, 0.15) is 33.1 Å². The van der Waals surface area contributed by atoms with E-state index in [1.807, 2.05) is 0 Å². The molecule has 0 spiro atoms. The molecule has 80 valence electrons. The molecular weight excluding hydrogens is 184 g/mol. The van der Waals surface area contributed by atoms with Crippen molar-refractivity contribution in [1.82, 2.24) is 0 Å². The topological polar surface area (TPSA) is 29.5 Å². The summed E-state index contributed by atoms with van der Waals surface area (Å²) in [6, 6.07) is 0. The molecule has 1 N–H and O–H groups in total. The molecule has 0 saturated carbocycles. The zero-order valence-corrected chi connectivity index (χ0v) is 9.61. The van der Waals surface area contributed by atoms with Gasteiger partial charge in [-0.1, -0.05) is 20.3 Å². The highest BCUT2D eigenvalue weighted by Crippen LogP contribution is 2.04. The Morgan fingerprint density at radius 2 is 2.08 bits per heavy atom. The van der Waals surface area contributed by atoms with Crippen molar-refractivity contribution in [3.8, 4) is 0 Å². The summed E-state index contributed by atoms with van der Waals surface area (Å²) in [6.07, 6.45) is 3.14. The summed E-state index contributed by atoms with van der Waals surface area (Å²) >= 11 is 1.80. The molecule has 0 radical (unpaired) electrons. The maximum atomic E-state index is 9.43. The highest BCUT2D eigenvalue weighted by atomic mass is 32.2. The Labute approximate surface area is 86.1 Å². The second-order valence-electron chi connectivity index (χ2n) is 3.16. The molecule has 0 aromatic carbocycles. The zero-order chi connectivity index (χ0) is 9.94. The number of hydrogen-bond donors (Lipinski definition) is 1. The average Bonchev–Trinajstić information content (AvgIpc) is 2.13. The first-order chi connectivity index (χ1) is 6.31. The summed E-state index contributed by atoms with van der Waals surface area (Å²) in [7, 11) is 0. The van der Waals surface area contributed by atoms with Gasteiger partial charge >= 0.3 is 0 Å². The van der Waals surface area contributed by atoms with Gasteiger partial charge in [-0.3, -0.25) is 0 Å². The standard InChI is InChI=1S/C10H22O2S/c1-3-5-6-12-8-10(11)9-13-7-4-2/h10-11H,3-9H2,1-2H3. The summed E-state index contributed by atoms with van der Waals surface area (Å²) in [5.74, 6) is 1.94. The van der Waals surface area contributed by atoms with Crippen LogP contribution >= 0.6 is 11.8 Å². The van der Waals surface area contributed by atoms with Gasteiger partial charge in [-0.05, 0) is 18.6 Å². The minimum Gasteiger partial charge on any atom is -0.390 e. The first-order valence-electron chi connectivity index (χ1n) is 5.14. The molecule has 0 amide bonds. The molecule has 0 saturated heterocycles. The van der Waals surface area contributed by atoms with Crippen molar-refractivity contribution in [3.63, 3.8) is 0 Å². The first-order valence-corrected chi connectivity index (χ1v) is 6.30. The summed E-state index contributed by atoms with van der Waals surface area (Å²) in [4.78, 5) is 0. The van der Waals surface area contributed by atoms with Crippen LogP contribution in [0.3, 0.4) is 0 Å². The molecule has 0 bridgehead atoms. The lowest BCUT2D eigenvalue weighted by atomic mass is 10.3. The second-order valence-corrected chi connectivity index (χ2v) is 4.31. The molecule has 0 rings (SSSR count). The van der Waals surface area contributed by atoms with Crippen LogP contribution in [-0.2, 0) is 4.74 Å². The lowest BCUT2D eigenvalue weighted by Gasteiger charge is -2.10. The van der Waals surface area contributed by atoms with Crippen molar-refractivity contribution in [3.05, 3.63) is 0 Å². The van der Waals surface area contributed by atoms with E-state index in [2.05, 4.69) is 13.8 Å². The van der Waals surface area contributed by atoms with E-state index in [1.165, 1.54) is 6.42 Å². The van der Waals surface area contributed by atoms with Crippen LogP contribution in [0.25, 0.3) is 0 Å². The van der Waals surface area contributed by atoms with Gasteiger partial charge in [0.2, 0.25) is 0 Å². The number of aliphatic hydroxyl groups is 1. The number of hydrogen-bond acceptors (Lipinski definition) is 3. The molecular formula is C10H22O2S. The number of aliphatic hydroxyl groups excluding tert-OH is 1. The number of rotatable bonds is 9. The maximum Gasteiger partial charge on any atom is 0.0863 e. The maximum absolute atomic E-state index is 9.43. The largest absolute Gasteiger partial charge is 0.390 e. The smallest absolute Gasteiger partial charge is 0.0863 e. The Morgan fingerprint density at radius 3 is 2.69 bits per heavy atom. The SMILES string of the molecule is CCCCOCC(O)CSCCC. The zero-order valence-electron chi connectivity index (χ0n) is 8.79. The van der Waals surface area contributed by atoms with E-state index in [1.54, 1.807) is 11.8 Å². The summed E-state index contributed by atoms with van der Waals surface area (Å²) < 4.78 is 5.30. The second kappa shape index (κ2) is 10.4. The van der Waals surface area contributed by atoms with Crippen LogP contribution in [0.2, 0.25) is 0 Å². The fourth-order valence-corrected chi connectivity index (χ4v) is 1.70. The third-order valence-electron chi connectivity index (χ3n) is 1.61. The molecule has 1 unspecified atom stereocenters. The molecule has 0 aliphatic rings. The lowest BCUT2D eigenvalue weighted by molar-refractivity contribution is 0.0473. The Kier molecular flexibility index (Phi) is 10.6. The van der Waals surface area contributed by atoms with Crippen molar-refractivity contribution in [1.29, 1.82) is 0 Å². The fourth-order valence-electron chi connectivity index (χ4n) is 0.878. The Morgan fingerprint density at radius 1 is 1.31 bits per heavy atom. The molecule has 0 aliphatic carbocycles. The Balaban J connectivity index is 3.05. The Bertz CT molecular complexity index is 98.9. The third-order valence-corrected chi connectivity index (χ3v) is 2.93. The normalized spacial score (nSPS) is 13.2. The monoisotopic (exact) mass is 206 g/mol. The van der Waals surface area contributed by atoms with Crippen molar-refractivity contribution in [2.24, 2.45) is 0 Å². The van der Waals surface area contributed by atoms with Crippen LogP contribution in [0, 0.1) is 0 Å². The lowest BCUT2D eigenvalue weighted by Crippen LogP contribution is -2.18. The van der Waals surface area contributed by atoms with Crippen LogP contribution in [0.15, 0.2) is 0 Å². The quantitative estimate of drug-likeness (QED) is 0.587. The van der Waals surface area contributed by atoms with Crippen molar-refractivity contribution in [2.75, 3.05) is 24.7 Å². The molecule has 3 heteroatoms. The van der Waals surface area contributed by atoms with E-state index < -0.39 is 0 Å². The van der Waals surface area contributed by atoms with Gasteiger partial charge < -0.3 is 9.84 Å². The summed E-state index contributed by atoms with van der Waals surface area (Å²) in [6.45, 7) is 5.57. The van der Waals surface area contributed by atoms with Crippen LogP contribution in [0.5, 0.6) is 0 Å². The molecule has 0 fully saturated rings. The number of unbranched alkanes of at least 4 members (excludes halogenated alkanes) is 1. The van der Waals surface area contributed by atoms with Gasteiger partial charge in [-0.25, -0.2) is 0 Å². The van der Waals surface area contributed by atoms with Crippen molar-refractivity contribution >= 4 is 11.8 Å². The molecule has 0 aromatic rings. The van der Waals surface area contributed by atoms with E-state index in [0.29, 0.717) is 6.61 Å². The first kappa shape index (κ1) is 13.3. The predicted octanol–water partition coefficient (Wildman–Crippen LogP) is 2.31. The van der Waals surface area contributed by atoms with Crippen molar-refractivity contribution in [2.45, 2.75) is 39.2 Å². The highest BCUT2D eigenvalue weighted by Gasteiger charge is 2.03. The Hall–Kier alpha value is 0.270. The van der Waals surface area contributed by atoms with E-state index in [4.69, 9.17) is 4.74 Å². The average molecular weight is 206 g/mol. The number of thioether (sulfide) groups is 1. The van der Waals surface area contributed by atoms with Gasteiger partial charge in [0, 0.05) is 12.4 Å². The molecule has 2 nitrogen and oxygen atoms in total. The minimum absolute atomic E-state index is 0.284. The fraction of sp³-hybridized carbons (Fsp3) is 1.00. The van der Waals surface area contributed by atoms with Gasteiger partial charge in [0.1, 0.15) is 0 Å². The van der Waals surface area contributed by atoms with Crippen LogP contribution in [0.4, 0.5) is 0 Å². The molecule has 0 aliphatic heterocycles. The summed E-state index contributed by atoms with van der Waals surface area (Å²) in [5.41, 5.74) is 0. The molecule has 13 heavy (non-hydrogen) atoms. The molecule has 0 aromatic heterocycles. The third kappa shape index (κ3) is 10.2. The van der Waals surface area contributed by atoms with E-state index in [9.17, 15) is 5.11 Å². The van der Waals surface area contributed by atoms with Gasteiger partial charge in [0.05, 0.1) is 12.7 Å². The van der Waals surface area contributed by atoms with E-state index in [-0.39, 0.29) is 6.10 Å².